The number of fused-ring (bicyclic) bond motifs is 1. The number of ether oxygens (including phenoxy) is 1. The summed E-state index contributed by atoms with van der Waals surface area (Å²) in [6, 6.07) is 11.9. The molecule has 1 aliphatic rings. The number of carbonyl (C=O) groups is 3. The van der Waals surface area contributed by atoms with Crippen LogP contribution < -0.4 is 20.7 Å². The molecule has 45 heavy (non-hydrogen) atoms. The highest BCUT2D eigenvalue weighted by Gasteiger charge is 2.34. The molecule has 1 heterocycles. The summed E-state index contributed by atoms with van der Waals surface area (Å²) in [7, 11) is 1.50. The van der Waals surface area contributed by atoms with Gasteiger partial charge in [0.25, 0.3) is 5.91 Å². The van der Waals surface area contributed by atoms with E-state index in [1.807, 2.05) is 6.92 Å². The largest absolute Gasteiger partial charge is 0.487 e. The zero-order chi connectivity index (χ0) is 32.9. The highest BCUT2D eigenvalue weighted by atomic mass is 19.4. The van der Waals surface area contributed by atoms with Crippen LogP contribution in [0.4, 0.5) is 44.2 Å². The van der Waals surface area contributed by atoms with Gasteiger partial charge in [-0.15, -0.1) is 0 Å². The number of amides is 5. The number of aliphatic hydroxyl groups excluding tert-OH is 1. The SMILES string of the molecule is C[C@H]1CN([C@@H](C)CO)C(=O)c2cc(NC(=O)Nc3ccc(F)cc3)ccc2O[C@@H]1CN(C)C(=O)Nc1ccc(C(F)(F)F)cc1. The number of carbonyl (C=O) groups excluding carboxylic acids is 3. The van der Waals surface area contributed by atoms with Gasteiger partial charge in [-0.05, 0) is 73.7 Å². The van der Waals surface area contributed by atoms with Crippen LogP contribution in [0, 0.1) is 11.7 Å². The molecule has 4 N–H and O–H groups in total. The van der Waals surface area contributed by atoms with Crippen molar-refractivity contribution in [2.24, 2.45) is 5.92 Å². The molecule has 3 aromatic carbocycles. The summed E-state index contributed by atoms with van der Waals surface area (Å²) in [5, 5.41) is 17.6. The number of alkyl halides is 3. The van der Waals surface area contributed by atoms with Gasteiger partial charge < -0.3 is 35.6 Å². The minimum Gasteiger partial charge on any atom is -0.487 e. The van der Waals surface area contributed by atoms with Crippen LogP contribution in [0.25, 0.3) is 0 Å². The minimum absolute atomic E-state index is 0.0443. The topological polar surface area (TPSA) is 123 Å². The van der Waals surface area contributed by atoms with Gasteiger partial charge in [0.1, 0.15) is 17.7 Å². The molecule has 0 fully saturated rings. The van der Waals surface area contributed by atoms with Crippen molar-refractivity contribution in [1.29, 1.82) is 0 Å². The Bertz CT molecular complexity index is 1520. The van der Waals surface area contributed by atoms with Crippen molar-refractivity contribution in [3.8, 4) is 5.75 Å². The summed E-state index contributed by atoms with van der Waals surface area (Å²) in [5.41, 5.74) is 0.0655. The lowest BCUT2D eigenvalue weighted by molar-refractivity contribution is -0.137. The maximum atomic E-state index is 13.6. The van der Waals surface area contributed by atoms with Gasteiger partial charge in [0.2, 0.25) is 0 Å². The van der Waals surface area contributed by atoms with E-state index in [1.54, 1.807) is 6.92 Å². The average molecular weight is 632 g/mol. The van der Waals surface area contributed by atoms with Crippen molar-refractivity contribution in [3.63, 3.8) is 0 Å². The second kappa shape index (κ2) is 13.8. The zero-order valence-electron chi connectivity index (χ0n) is 24.7. The Labute approximate surface area is 257 Å². The first kappa shape index (κ1) is 33.1. The number of anilines is 3. The van der Waals surface area contributed by atoms with Crippen LogP contribution in [0.3, 0.4) is 0 Å². The maximum absolute atomic E-state index is 13.6. The maximum Gasteiger partial charge on any atom is 0.416 e. The van der Waals surface area contributed by atoms with Gasteiger partial charge in [-0.2, -0.15) is 13.2 Å². The number of rotatable bonds is 7. The van der Waals surface area contributed by atoms with Gasteiger partial charge >= 0.3 is 18.2 Å². The molecule has 0 saturated carbocycles. The number of hydrogen-bond donors (Lipinski definition) is 4. The normalized spacial score (nSPS) is 17.2. The first-order valence-electron chi connectivity index (χ1n) is 14.0. The summed E-state index contributed by atoms with van der Waals surface area (Å²) in [6.45, 7) is 3.41. The van der Waals surface area contributed by atoms with Crippen molar-refractivity contribution in [1.82, 2.24) is 9.80 Å². The number of nitrogens with zero attached hydrogens (tertiary/aromatic N) is 2. The summed E-state index contributed by atoms with van der Waals surface area (Å²) < 4.78 is 58.1. The third-order valence-electron chi connectivity index (χ3n) is 7.29. The molecular weight excluding hydrogens is 598 g/mol. The second-order valence-corrected chi connectivity index (χ2v) is 10.8. The predicted molar refractivity (Wildman–Crippen MR) is 160 cm³/mol. The lowest BCUT2D eigenvalue weighted by Crippen LogP contribution is -2.50. The number of nitrogens with one attached hydrogen (secondary N) is 3. The van der Waals surface area contributed by atoms with Gasteiger partial charge in [-0.1, -0.05) is 6.92 Å². The van der Waals surface area contributed by atoms with Crippen molar-refractivity contribution >= 4 is 35.0 Å². The average Bonchev–Trinajstić information content (AvgIpc) is 2.99. The summed E-state index contributed by atoms with van der Waals surface area (Å²) in [6.07, 6.45) is -5.15. The van der Waals surface area contributed by atoms with Crippen molar-refractivity contribution in [2.75, 3.05) is 42.7 Å². The monoisotopic (exact) mass is 631 g/mol. The molecule has 5 amide bonds. The Morgan fingerprint density at radius 1 is 1.00 bits per heavy atom. The highest BCUT2D eigenvalue weighted by Crippen LogP contribution is 2.32. The van der Waals surface area contributed by atoms with E-state index in [1.165, 1.54) is 59.3 Å². The standard InChI is InChI=1S/C31H33F4N5O5/c1-18-15-40(19(2)17-41)28(42)25-14-24(37-29(43)36-22-10-6-21(32)7-11-22)12-13-26(25)45-27(18)16-39(3)30(44)38-23-8-4-20(5-9-23)31(33,34)35/h4-14,18-19,27,41H,15-17H2,1-3H3,(H,38,44)(H2,36,37,43)/t18-,19-,27+/m0/s1. The lowest BCUT2D eigenvalue weighted by Gasteiger charge is -2.38. The number of aliphatic hydroxyl groups is 1. The summed E-state index contributed by atoms with van der Waals surface area (Å²) in [4.78, 5) is 41.9. The molecule has 14 heteroatoms. The lowest BCUT2D eigenvalue weighted by atomic mass is 9.99. The molecule has 3 aromatic rings. The van der Waals surface area contributed by atoms with Crippen LogP contribution in [0.5, 0.6) is 5.75 Å². The second-order valence-electron chi connectivity index (χ2n) is 10.8. The van der Waals surface area contributed by atoms with Gasteiger partial charge in [0.05, 0.1) is 30.3 Å². The molecule has 10 nitrogen and oxygen atoms in total. The van der Waals surface area contributed by atoms with Gasteiger partial charge in [0, 0.05) is 36.6 Å². The number of hydrogen-bond acceptors (Lipinski definition) is 5. The minimum atomic E-state index is -4.50. The van der Waals surface area contributed by atoms with E-state index in [2.05, 4.69) is 16.0 Å². The van der Waals surface area contributed by atoms with Gasteiger partial charge in [-0.3, -0.25) is 4.79 Å². The summed E-state index contributed by atoms with van der Waals surface area (Å²) >= 11 is 0. The van der Waals surface area contributed by atoms with Crippen LogP contribution in [0.1, 0.15) is 29.8 Å². The van der Waals surface area contributed by atoms with E-state index >= 15 is 0 Å². The Hall–Kier alpha value is -4.85. The van der Waals surface area contributed by atoms with Crippen LogP contribution in [0.15, 0.2) is 66.7 Å². The molecule has 0 unspecified atom stereocenters. The van der Waals surface area contributed by atoms with Gasteiger partial charge in [0.15, 0.2) is 0 Å². The summed E-state index contributed by atoms with van der Waals surface area (Å²) in [5.74, 6) is -1.03. The molecule has 0 saturated heterocycles. The molecule has 0 aromatic heterocycles. The molecule has 0 aliphatic carbocycles. The Balaban J connectivity index is 1.52. The van der Waals surface area contributed by atoms with Crippen molar-refractivity contribution in [2.45, 2.75) is 32.2 Å². The first-order valence-corrected chi connectivity index (χ1v) is 14.0. The van der Waals surface area contributed by atoms with E-state index in [0.717, 1.165) is 24.3 Å². The molecule has 0 radical (unpaired) electrons. The van der Waals surface area contributed by atoms with Gasteiger partial charge in [-0.25, -0.2) is 14.0 Å². The zero-order valence-corrected chi connectivity index (χ0v) is 24.7. The van der Waals surface area contributed by atoms with Crippen molar-refractivity contribution < 1.29 is 41.8 Å². The van der Waals surface area contributed by atoms with E-state index in [4.69, 9.17) is 4.74 Å². The highest BCUT2D eigenvalue weighted by molar-refractivity contribution is 6.02. The molecule has 1 aliphatic heterocycles. The van der Waals surface area contributed by atoms with Crippen LogP contribution in [-0.4, -0.2) is 71.8 Å². The number of urea groups is 2. The molecule has 240 valence electrons. The quantitative estimate of drug-likeness (QED) is 0.243. The van der Waals surface area contributed by atoms with Crippen LogP contribution in [-0.2, 0) is 6.18 Å². The van der Waals surface area contributed by atoms with E-state index in [0.29, 0.717) is 5.69 Å². The number of likely N-dealkylation sites (N-methyl/N-ethyl adjacent to an activating group) is 1. The smallest absolute Gasteiger partial charge is 0.416 e. The van der Waals surface area contributed by atoms with E-state index in [-0.39, 0.29) is 48.3 Å². The Morgan fingerprint density at radius 3 is 2.20 bits per heavy atom. The molecule has 0 spiro atoms. The van der Waals surface area contributed by atoms with E-state index < -0.39 is 47.7 Å². The third kappa shape index (κ3) is 8.41. The number of halogens is 4. The van der Waals surface area contributed by atoms with Crippen molar-refractivity contribution in [3.05, 3.63) is 83.7 Å². The Kier molecular flexibility index (Phi) is 10.2. The van der Waals surface area contributed by atoms with Crippen LogP contribution >= 0.6 is 0 Å². The van der Waals surface area contributed by atoms with E-state index in [9.17, 15) is 37.1 Å². The molecular formula is C31H33F4N5O5. The molecule has 4 rings (SSSR count). The molecule has 0 bridgehead atoms. The predicted octanol–water partition coefficient (Wildman–Crippen LogP) is 5.87. The fourth-order valence-corrected chi connectivity index (χ4v) is 4.66. The fraction of sp³-hybridized carbons (Fsp3) is 0.323. The first-order chi connectivity index (χ1) is 21.2. The molecule has 3 atom stereocenters. The number of benzene rings is 3. The Morgan fingerprint density at radius 2 is 1.58 bits per heavy atom. The van der Waals surface area contributed by atoms with Crippen LogP contribution in [0.2, 0.25) is 0 Å². The fourth-order valence-electron chi connectivity index (χ4n) is 4.66. The third-order valence-corrected chi connectivity index (χ3v) is 7.29.